The summed E-state index contributed by atoms with van der Waals surface area (Å²) in [5.74, 6) is 0.390. The standard InChI is InChI=1S/C19H29NO2/c1-4-9-17(15-22-13-8-12-20-16(2)3)14-19(21)18-10-6-5-7-11-18/h4-7,10-11,16-17,20H,1,8-9,12-15H2,2-3H3. The van der Waals surface area contributed by atoms with E-state index in [1.54, 1.807) is 0 Å². The van der Waals surface area contributed by atoms with Crippen molar-refractivity contribution in [3.8, 4) is 0 Å². The topological polar surface area (TPSA) is 38.3 Å². The second kappa shape index (κ2) is 11.2. The van der Waals surface area contributed by atoms with Crippen LogP contribution in [0.15, 0.2) is 43.0 Å². The highest BCUT2D eigenvalue weighted by molar-refractivity contribution is 5.96. The Labute approximate surface area is 134 Å². The molecular weight excluding hydrogens is 274 g/mol. The van der Waals surface area contributed by atoms with Crippen molar-refractivity contribution >= 4 is 5.78 Å². The van der Waals surface area contributed by atoms with Crippen LogP contribution in [0, 0.1) is 5.92 Å². The number of carbonyl (C=O) groups excluding carboxylic acids is 1. The van der Waals surface area contributed by atoms with Gasteiger partial charge in [-0.05, 0) is 25.3 Å². The molecule has 22 heavy (non-hydrogen) atoms. The lowest BCUT2D eigenvalue weighted by atomic mass is 9.96. The number of Topliss-reactive ketones (excluding diaryl/α,β-unsaturated/α-hetero) is 1. The predicted octanol–water partition coefficient (Wildman–Crippen LogP) is 3.86. The van der Waals surface area contributed by atoms with Gasteiger partial charge in [-0.15, -0.1) is 6.58 Å². The Morgan fingerprint density at radius 1 is 1.32 bits per heavy atom. The number of ether oxygens (including phenoxy) is 1. The average molecular weight is 303 g/mol. The average Bonchev–Trinajstić information content (AvgIpc) is 2.51. The zero-order valence-corrected chi connectivity index (χ0v) is 13.9. The Hall–Kier alpha value is -1.45. The maximum absolute atomic E-state index is 12.2. The first-order valence-corrected chi connectivity index (χ1v) is 8.13. The van der Waals surface area contributed by atoms with E-state index in [-0.39, 0.29) is 11.7 Å². The molecule has 1 N–H and O–H groups in total. The maximum Gasteiger partial charge on any atom is 0.163 e. The smallest absolute Gasteiger partial charge is 0.163 e. The van der Waals surface area contributed by atoms with E-state index in [9.17, 15) is 4.79 Å². The molecule has 0 aromatic heterocycles. The number of ketones is 1. The van der Waals surface area contributed by atoms with Crippen molar-refractivity contribution in [2.45, 2.75) is 39.2 Å². The molecule has 3 heteroatoms. The lowest BCUT2D eigenvalue weighted by molar-refractivity contribution is 0.0799. The molecule has 0 saturated heterocycles. The van der Waals surface area contributed by atoms with Crippen LogP contribution in [0.1, 0.15) is 43.5 Å². The Balaban J connectivity index is 2.29. The normalized spacial score (nSPS) is 12.3. The highest BCUT2D eigenvalue weighted by Crippen LogP contribution is 2.14. The van der Waals surface area contributed by atoms with Gasteiger partial charge >= 0.3 is 0 Å². The number of benzene rings is 1. The van der Waals surface area contributed by atoms with Crippen LogP contribution in [0.2, 0.25) is 0 Å². The van der Waals surface area contributed by atoms with Gasteiger partial charge in [-0.2, -0.15) is 0 Å². The van der Waals surface area contributed by atoms with Crippen LogP contribution in [0.5, 0.6) is 0 Å². The summed E-state index contributed by atoms with van der Waals surface area (Å²) in [5, 5.41) is 3.36. The minimum atomic E-state index is 0.178. The number of allylic oxidation sites excluding steroid dienone is 1. The van der Waals surface area contributed by atoms with Gasteiger partial charge in [-0.1, -0.05) is 50.3 Å². The first-order valence-electron chi connectivity index (χ1n) is 8.13. The molecule has 1 aromatic carbocycles. The SMILES string of the molecule is C=CCC(COCCCNC(C)C)CC(=O)c1ccccc1. The van der Waals surface area contributed by atoms with Crippen LogP contribution >= 0.6 is 0 Å². The van der Waals surface area contributed by atoms with Crippen LogP contribution in [0.25, 0.3) is 0 Å². The predicted molar refractivity (Wildman–Crippen MR) is 92.3 cm³/mol. The largest absolute Gasteiger partial charge is 0.381 e. The lowest BCUT2D eigenvalue weighted by Gasteiger charge is -2.15. The van der Waals surface area contributed by atoms with Gasteiger partial charge in [0.1, 0.15) is 0 Å². The summed E-state index contributed by atoms with van der Waals surface area (Å²) in [6.45, 7) is 10.4. The molecule has 122 valence electrons. The van der Waals surface area contributed by atoms with Crippen molar-refractivity contribution in [2.75, 3.05) is 19.8 Å². The number of hydrogen-bond donors (Lipinski definition) is 1. The number of hydrogen-bond acceptors (Lipinski definition) is 3. The van der Waals surface area contributed by atoms with E-state index >= 15 is 0 Å². The molecule has 0 aliphatic carbocycles. The molecule has 1 rings (SSSR count). The van der Waals surface area contributed by atoms with Crippen molar-refractivity contribution < 1.29 is 9.53 Å². The number of carbonyl (C=O) groups is 1. The van der Waals surface area contributed by atoms with Gasteiger partial charge in [0.15, 0.2) is 5.78 Å². The van der Waals surface area contributed by atoms with E-state index in [1.165, 1.54) is 0 Å². The summed E-state index contributed by atoms with van der Waals surface area (Å²) < 4.78 is 5.73. The molecule has 1 unspecified atom stereocenters. The zero-order valence-electron chi connectivity index (χ0n) is 13.9. The molecule has 0 aliphatic heterocycles. The molecule has 0 spiro atoms. The third kappa shape index (κ3) is 8.11. The third-order valence-corrected chi connectivity index (χ3v) is 3.44. The monoisotopic (exact) mass is 303 g/mol. The summed E-state index contributed by atoms with van der Waals surface area (Å²) in [7, 11) is 0. The molecule has 3 nitrogen and oxygen atoms in total. The summed E-state index contributed by atoms with van der Waals surface area (Å²) >= 11 is 0. The summed E-state index contributed by atoms with van der Waals surface area (Å²) in [6.07, 6.45) is 4.18. The van der Waals surface area contributed by atoms with E-state index in [1.807, 2.05) is 36.4 Å². The maximum atomic E-state index is 12.2. The summed E-state index contributed by atoms with van der Waals surface area (Å²) in [6, 6.07) is 9.96. The molecular formula is C19H29NO2. The van der Waals surface area contributed by atoms with Gasteiger partial charge in [-0.25, -0.2) is 0 Å². The van der Waals surface area contributed by atoms with Crippen molar-refractivity contribution in [3.63, 3.8) is 0 Å². The second-order valence-corrected chi connectivity index (χ2v) is 5.92. The fourth-order valence-electron chi connectivity index (χ4n) is 2.27. The quantitative estimate of drug-likeness (QED) is 0.362. The van der Waals surface area contributed by atoms with Crippen LogP contribution in [-0.4, -0.2) is 31.6 Å². The van der Waals surface area contributed by atoms with Gasteiger partial charge in [0, 0.05) is 24.6 Å². The van der Waals surface area contributed by atoms with E-state index < -0.39 is 0 Å². The van der Waals surface area contributed by atoms with Crippen molar-refractivity contribution in [2.24, 2.45) is 5.92 Å². The van der Waals surface area contributed by atoms with Crippen molar-refractivity contribution in [1.29, 1.82) is 0 Å². The molecule has 0 saturated carbocycles. The van der Waals surface area contributed by atoms with E-state index in [4.69, 9.17) is 4.74 Å². The van der Waals surface area contributed by atoms with E-state index in [0.29, 0.717) is 19.1 Å². The summed E-state index contributed by atoms with van der Waals surface area (Å²) in [4.78, 5) is 12.2. The highest BCUT2D eigenvalue weighted by atomic mass is 16.5. The van der Waals surface area contributed by atoms with Gasteiger partial charge in [0.25, 0.3) is 0 Å². The summed E-state index contributed by atoms with van der Waals surface area (Å²) in [5.41, 5.74) is 0.776. The highest BCUT2D eigenvalue weighted by Gasteiger charge is 2.14. The van der Waals surface area contributed by atoms with Crippen LogP contribution in [-0.2, 0) is 4.74 Å². The van der Waals surface area contributed by atoms with E-state index in [0.717, 1.165) is 31.6 Å². The Morgan fingerprint density at radius 2 is 2.05 bits per heavy atom. The van der Waals surface area contributed by atoms with Crippen LogP contribution in [0.4, 0.5) is 0 Å². The minimum Gasteiger partial charge on any atom is -0.381 e. The first-order chi connectivity index (χ1) is 10.6. The molecule has 0 fully saturated rings. The molecule has 0 amide bonds. The zero-order chi connectivity index (χ0) is 16.2. The Bertz CT molecular complexity index is 428. The first kappa shape index (κ1) is 18.6. The molecule has 1 atom stereocenters. The lowest BCUT2D eigenvalue weighted by Crippen LogP contribution is -2.25. The van der Waals surface area contributed by atoms with Crippen molar-refractivity contribution in [1.82, 2.24) is 5.32 Å². The van der Waals surface area contributed by atoms with Gasteiger partial charge in [0.2, 0.25) is 0 Å². The van der Waals surface area contributed by atoms with Gasteiger partial charge in [0.05, 0.1) is 6.61 Å². The van der Waals surface area contributed by atoms with Crippen LogP contribution in [0.3, 0.4) is 0 Å². The third-order valence-electron chi connectivity index (χ3n) is 3.44. The number of rotatable bonds is 12. The van der Waals surface area contributed by atoms with Gasteiger partial charge < -0.3 is 10.1 Å². The molecule has 0 heterocycles. The van der Waals surface area contributed by atoms with Crippen molar-refractivity contribution in [3.05, 3.63) is 48.6 Å². The molecule has 0 aliphatic rings. The Kier molecular flexibility index (Phi) is 9.44. The molecule has 0 bridgehead atoms. The van der Waals surface area contributed by atoms with Gasteiger partial charge in [-0.3, -0.25) is 4.79 Å². The molecule has 1 aromatic rings. The minimum absolute atomic E-state index is 0.178. The van der Waals surface area contributed by atoms with E-state index in [2.05, 4.69) is 25.7 Å². The molecule has 0 radical (unpaired) electrons. The fourth-order valence-corrected chi connectivity index (χ4v) is 2.27. The second-order valence-electron chi connectivity index (χ2n) is 5.92. The fraction of sp³-hybridized carbons (Fsp3) is 0.526. The number of nitrogens with one attached hydrogen (secondary N) is 1. The Morgan fingerprint density at radius 3 is 2.68 bits per heavy atom. The van der Waals surface area contributed by atoms with Crippen LogP contribution < -0.4 is 5.32 Å².